The van der Waals surface area contributed by atoms with Gasteiger partial charge in [0.05, 0.1) is 24.1 Å². The van der Waals surface area contributed by atoms with Crippen molar-refractivity contribution in [1.29, 1.82) is 0 Å². The lowest BCUT2D eigenvalue weighted by atomic mass is 9.86. The number of hydrogen-bond donors (Lipinski definition) is 2. The Morgan fingerprint density at radius 3 is 2.71 bits per heavy atom. The summed E-state index contributed by atoms with van der Waals surface area (Å²) in [6.45, 7) is 6.82. The molecule has 2 aromatic rings. The lowest BCUT2D eigenvalue weighted by molar-refractivity contribution is 0.0892. The summed E-state index contributed by atoms with van der Waals surface area (Å²) in [7, 11) is 0. The first-order chi connectivity index (χ1) is 9.86. The van der Waals surface area contributed by atoms with Crippen LogP contribution < -0.4 is 5.32 Å². The zero-order chi connectivity index (χ0) is 15.5. The maximum Gasteiger partial charge on any atom is 0.253 e. The molecule has 2 N–H and O–H groups in total. The summed E-state index contributed by atoms with van der Waals surface area (Å²) in [6.07, 6.45) is 8.03. The average Bonchev–Trinajstić information content (AvgIpc) is 2.89. The number of nitrogens with one attached hydrogen (secondary N) is 1. The van der Waals surface area contributed by atoms with Crippen LogP contribution >= 0.6 is 0 Å². The van der Waals surface area contributed by atoms with Gasteiger partial charge in [-0.25, -0.2) is 4.98 Å². The maximum absolute atomic E-state index is 12.3. The van der Waals surface area contributed by atoms with Gasteiger partial charge in [-0.1, -0.05) is 20.8 Å². The van der Waals surface area contributed by atoms with Gasteiger partial charge in [0.2, 0.25) is 0 Å². The highest BCUT2D eigenvalue weighted by molar-refractivity contribution is 5.94. The van der Waals surface area contributed by atoms with E-state index >= 15 is 0 Å². The minimum Gasteiger partial charge on any atom is -0.506 e. The Morgan fingerprint density at radius 1 is 1.38 bits per heavy atom. The molecule has 0 aromatic carbocycles. The zero-order valence-corrected chi connectivity index (χ0v) is 12.4. The van der Waals surface area contributed by atoms with Crippen LogP contribution in [0.15, 0.2) is 37.2 Å². The monoisotopic (exact) mass is 288 g/mol. The van der Waals surface area contributed by atoms with Crippen molar-refractivity contribution in [3.8, 4) is 5.75 Å². The summed E-state index contributed by atoms with van der Waals surface area (Å²) in [6, 6.07) is 1.32. The van der Waals surface area contributed by atoms with E-state index < -0.39 is 0 Å². The van der Waals surface area contributed by atoms with Crippen LogP contribution in [0.25, 0.3) is 0 Å². The molecule has 1 amide bonds. The third-order valence-electron chi connectivity index (χ3n) is 3.29. The topological polar surface area (TPSA) is 80.0 Å². The van der Waals surface area contributed by atoms with E-state index in [1.807, 2.05) is 10.8 Å². The molecule has 0 bridgehead atoms. The van der Waals surface area contributed by atoms with Crippen LogP contribution in [0.1, 0.15) is 31.1 Å². The molecule has 6 heteroatoms. The van der Waals surface area contributed by atoms with Crippen molar-refractivity contribution < 1.29 is 9.90 Å². The minimum atomic E-state index is -0.251. The zero-order valence-electron chi connectivity index (χ0n) is 12.4. The lowest BCUT2D eigenvalue weighted by Crippen LogP contribution is -2.46. The van der Waals surface area contributed by atoms with Gasteiger partial charge >= 0.3 is 0 Å². The first-order valence-electron chi connectivity index (χ1n) is 6.77. The fraction of sp³-hybridized carbons (Fsp3) is 0.400. The van der Waals surface area contributed by atoms with Gasteiger partial charge in [-0.05, 0) is 11.5 Å². The van der Waals surface area contributed by atoms with Gasteiger partial charge < -0.3 is 15.0 Å². The molecule has 0 saturated heterocycles. The second-order valence-corrected chi connectivity index (χ2v) is 6.08. The third kappa shape index (κ3) is 4.05. The molecule has 0 saturated carbocycles. The number of amides is 1. The van der Waals surface area contributed by atoms with Crippen molar-refractivity contribution in [2.75, 3.05) is 0 Å². The van der Waals surface area contributed by atoms with E-state index in [0.29, 0.717) is 12.1 Å². The molecule has 0 fully saturated rings. The van der Waals surface area contributed by atoms with Gasteiger partial charge in [-0.2, -0.15) is 0 Å². The molecule has 6 nitrogen and oxygen atoms in total. The summed E-state index contributed by atoms with van der Waals surface area (Å²) < 4.78 is 1.93. The number of nitrogens with zero attached hydrogens (tertiary/aromatic N) is 3. The molecule has 2 heterocycles. The Kier molecular flexibility index (Phi) is 4.26. The van der Waals surface area contributed by atoms with E-state index in [4.69, 9.17) is 0 Å². The molecular formula is C15H20N4O2. The number of imidazole rings is 1. The number of hydrogen-bond acceptors (Lipinski definition) is 4. The Labute approximate surface area is 123 Å². The molecule has 2 aromatic heterocycles. The Morgan fingerprint density at radius 2 is 2.14 bits per heavy atom. The van der Waals surface area contributed by atoms with E-state index in [1.54, 1.807) is 12.5 Å². The quantitative estimate of drug-likeness (QED) is 0.899. The largest absolute Gasteiger partial charge is 0.506 e. The molecule has 1 atom stereocenters. The number of aromatic hydroxyl groups is 1. The van der Waals surface area contributed by atoms with E-state index in [-0.39, 0.29) is 23.1 Å². The van der Waals surface area contributed by atoms with E-state index in [0.717, 1.165) is 0 Å². The van der Waals surface area contributed by atoms with Crippen LogP contribution in [0.5, 0.6) is 5.75 Å². The van der Waals surface area contributed by atoms with Gasteiger partial charge in [-0.3, -0.25) is 9.78 Å². The fourth-order valence-corrected chi connectivity index (χ4v) is 1.94. The smallest absolute Gasteiger partial charge is 0.253 e. The minimum absolute atomic E-state index is 0.0235. The van der Waals surface area contributed by atoms with Crippen molar-refractivity contribution in [2.45, 2.75) is 33.4 Å². The Bertz CT molecular complexity index is 602. The van der Waals surface area contributed by atoms with Crippen LogP contribution in [0.2, 0.25) is 0 Å². The highest BCUT2D eigenvalue weighted by Crippen LogP contribution is 2.21. The second kappa shape index (κ2) is 5.95. The van der Waals surface area contributed by atoms with E-state index in [2.05, 4.69) is 36.1 Å². The highest BCUT2D eigenvalue weighted by atomic mass is 16.3. The van der Waals surface area contributed by atoms with Crippen molar-refractivity contribution in [3.05, 3.63) is 42.7 Å². The van der Waals surface area contributed by atoms with Crippen LogP contribution in [-0.2, 0) is 6.54 Å². The van der Waals surface area contributed by atoms with Gasteiger partial charge in [0, 0.05) is 25.1 Å². The number of aromatic nitrogens is 3. The van der Waals surface area contributed by atoms with Gasteiger partial charge in [0.25, 0.3) is 5.91 Å². The van der Waals surface area contributed by atoms with Gasteiger partial charge in [0.15, 0.2) is 0 Å². The first kappa shape index (κ1) is 15.0. The van der Waals surface area contributed by atoms with E-state index in [1.165, 1.54) is 18.5 Å². The van der Waals surface area contributed by atoms with Crippen molar-refractivity contribution in [1.82, 2.24) is 19.9 Å². The number of carbonyl (C=O) groups excluding carboxylic acids is 1. The summed E-state index contributed by atoms with van der Waals surface area (Å²) in [5, 5.41) is 12.4. The normalized spacial score (nSPS) is 12.9. The van der Waals surface area contributed by atoms with Crippen LogP contribution in [0.3, 0.4) is 0 Å². The molecule has 21 heavy (non-hydrogen) atoms. The summed E-state index contributed by atoms with van der Waals surface area (Å²) in [4.78, 5) is 20.1. The van der Waals surface area contributed by atoms with Gasteiger partial charge in [0.1, 0.15) is 5.75 Å². The number of pyridine rings is 1. The molecule has 0 radical (unpaired) electrons. The summed E-state index contributed by atoms with van der Waals surface area (Å²) >= 11 is 0. The summed E-state index contributed by atoms with van der Waals surface area (Å²) in [5.41, 5.74) is 0.222. The number of carbonyl (C=O) groups is 1. The maximum atomic E-state index is 12.3. The molecule has 1 unspecified atom stereocenters. The van der Waals surface area contributed by atoms with Crippen LogP contribution in [0, 0.1) is 5.41 Å². The molecule has 2 rings (SSSR count). The first-order valence-corrected chi connectivity index (χ1v) is 6.77. The van der Waals surface area contributed by atoms with Crippen molar-refractivity contribution >= 4 is 5.91 Å². The van der Waals surface area contributed by atoms with E-state index in [9.17, 15) is 9.90 Å². The molecule has 0 aliphatic carbocycles. The molecular weight excluding hydrogens is 268 g/mol. The standard InChI is InChI=1S/C15H20N4O2/c1-15(2,3)13(9-19-5-4-16-10-19)18-14(21)11-6-12(20)8-17-7-11/h4-8,10,13,20H,9H2,1-3H3,(H,18,21). The SMILES string of the molecule is CC(C)(C)C(Cn1ccnc1)NC(=O)c1cncc(O)c1. The van der Waals surface area contributed by atoms with Gasteiger partial charge in [-0.15, -0.1) is 0 Å². The Hall–Kier alpha value is -2.37. The average molecular weight is 288 g/mol. The van der Waals surface area contributed by atoms with Crippen molar-refractivity contribution in [3.63, 3.8) is 0 Å². The predicted molar refractivity (Wildman–Crippen MR) is 78.8 cm³/mol. The number of rotatable bonds is 4. The predicted octanol–water partition coefficient (Wildman–Crippen LogP) is 1.83. The highest BCUT2D eigenvalue weighted by Gasteiger charge is 2.27. The molecule has 0 aliphatic rings. The van der Waals surface area contributed by atoms with Crippen LogP contribution in [-0.4, -0.2) is 31.6 Å². The third-order valence-corrected chi connectivity index (χ3v) is 3.29. The van der Waals surface area contributed by atoms with Crippen molar-refractivity contribution in [2.24, 2.45) is 5.41 Å². The molecule has 0 spiro atoms. The lowest BCUT2D eigenvalue weighted by Gasteiger charge is -2.31. The Balaban J connectivity index is 2.13. The van der Waals surface area contributed by atoms with Crippen LogP contribution in [0.4, 0.5) is 0 Å². The molecule has 112 valence electrons. The summed E-state index contributed by atoms with van der Waals surface area (Å²) in [5.74, 6) is -0.275. The second-order valence-electron chi connectivity index (χ2n) is 6.08. The molecule has 0 aliphatic heterocycles. The fourth-order valence-electron chi connectivity index (χ4n) is 1.94.